The number of amides is 2. The molecule has 0 aliphatic carbocycles. The van der Waals surface area contributed by atoms with E-state index in [2.05, 4.69) is 5.32 Å². The highest BCUT2D eigenvalue weighted by atomic mass is 16.6. The van der Waals surface area contributed by atoms with Crippen molar-refractivity contribution in [3.05, 3.63) is 23.8 Å². The molecule has 0 radical (unpaired) electrons. The molecule has 1 fully saturated rings. The maximum Gasteiger partial charge on any atom is 0.321 e. The zero-order valence-electron chi connectivity index (χ0n) is 13.2. The number of Topliss-reactive ketones (excluding diaryl/α,β-unsaturated/α-hetero) is 1. The predicted octanol–water partition coefficient (Wildman–Crippen LogP) is 2.54. The van der Waals surface area contributed by atoms with E-state index in [-0.39, 0.29) is 17.9 Å². The lowest BCUT2D eigenvalue weighted by atomic mass is 10.1. The molecule has 0 spiro atoms. The fourth-order valence-electron chi connectivity index (χ4n) is 2.07. The Morgan fingerprint density at radius 2 is 2.05 bits per heavy atom. The number of hydrogen-bond donors (Lipinski definition) is 1. The van der Waals surface area contributed by atoms with Gasteiger partial charge in [0.05, 0.1) is 12.2 Å². The van der Waals surface area contributed by atoms with Crippen LogP contribution in [0.4, 0.5) is 10.5 Å². The van der Waals surface area contributed by atoms with Crippen molar-refractivity contribution in [2.75, 3.05) is 31.6 Å². The number of urea groups is 1. The quantitative estimate of drug-likeness (QED) is 0.621. The van der Waals surface area contributed by atoms with Crippen LogP contribution in [0.25, 0.3) is 0 Å². The number of carbonyl (C=O) groups excluding carboxylic acids is 2. The molecular weight excluding hydrogens is 284 g/mol. The van der Waals surface area contributed by atoms with Crippen molar-refractivity contribution in [3.63, 3.8) is 0 Å². The fourth-order valence-corrected chi connectivity index (χ4v) is 2.07. The van der Waals surface area contributed by atoms with Gasteiger partial charge in [0.25, 0.3) is 0 Å². The average Bonchev–Trinajstić information content (AvgIpc) is 3.31. The summed E-state index contributed by atoms with van der Waals surface area (Å²) in [6.45, 7) is 7.71. The van der Waals surface area contributed by atoms with Gasteiger partial charge in [-0.05, 0) is 39.0 Å². The van der Waals surface area contributed by atoms with Crippen molar-refractivity contribution in [2.24, 2.45) is 0 Å². The first kappa shape index (κ1) is 16.3. The summed E-state index contributed by atoms with van der Waals surface area (Å²) in [4.78, 5) is 25.5. The van der Waals surface area contributed by atoms with E-state index in [4.69, 9.17) is 9.47 Å². The summed E-state index contributed by atoms with van der Waals surface area (Å²) in [5, 5.41) is 2.80. The van der Waals surface area contributed by atoms with E-state index < -0.39 is 0 Å². The number of hydrogen-bond acceptors (Lipinski definition) is 4. The molecule has 120 valence electrons. The van der Waals surface area contributed by atoms with E-state index in [1.807, 2.05) is 13.8 Å². The summed E-state index contributed by atoms with van der Waals surface area (Å²) in [7, 11) is 0. The lowest BCUT2D eigenvalue weighted by molar-refractivity contribution is 0.101. The molecule has 1 N–H and O–H groups in total. The van der Waals surface area contributed by atoms with Crippen molar-refractivity contribution in [3.8, 4) is 5.75 Å². The molecule has 1 aliphatic rings. The first-order chi connectivity index (χ1) is 10.5. The zero-order valence-corrected chi connectivity index (χ0v) is 13.2. The van der Waals surface area contributed by atoms with Crippen LogP contribution in [0.5, 0.6) is 5.75 Å². The highest BCUT2D eigenvalue weighted by Crippen LogP contribution is 2.25. The van der Waals surface area contributed by atoms with E-state index in [1.54, 1.807) is 23.1 Å². The third-order valence-corrected chi connectivity index (χ3v) is 3.49. The van der Waals surface area contributed by atoms with Gasteiger partial charge in [-0.2, -0.15) is 0 Å². The molecule has 22 heavy (non-hydrogen) atoms. The lowest BCUT2D eigenvalue weighted by Gasteiger charge is -2.19. The Labute approximate surface area is 130 Å². The third-order valence-electron chi connectivity index (χ3n) is 3.49. The predicted molar refractivity (Wildman–Crippen MR) is 83.6 cm³/mol. The minimum atomic E-state index is -0.181. The van der Waals surface area contributed by atoms with Crippen molar-refractivity contribution < 1.29 is 19.1 Å². The second-order valence-corrected chi connectivity index (χ2v) is 5.14. The van der Waals surface area contributed by atoms with E-state index in [0.717, 1.165) is 0 Å². The molecule has 1 heterocycles. The lowest BCUT2D eigenvalue weighted by Crippen LogP contribution is -2.34. The molecule has 2 amide bonds. The molecule has 0 unspecified atom stereocenters. The molecule has 0 saturated carbocycles. The summed E-state index contributed by atoms with van der Waals surface area (Å²) >= 11 is 0. The monoisotopic (exact) mass is 306 g/mol. The van der Waals surface area contributed by atoms with Gasteiger partial charge in [0.1, 0.15) is 18.5 Å². The van der Waals surface area contributed by atoms with Crippen LogP contribution >= 0.6 is 0 Å². The summed E-state index contributed by atoms with van der Waals surface area (Å²) in [6, 6.07) is 4.90. The highest BCUT2D eigenvalue weighted by molar-refractivity contribution is 5.99. The normalized spacial score (nSPS) is 16.0. The first-order valence-electron chi connectivity index (χ1n) is 7.50. The number of anilines is 1. The van der Waals surface area contributed by atoms with Crippen molar-refractivity contribution >= 4 is 17.5 Å². The summed E-state index contributed by atoms with van der Waals surface area (Å²) in [5.74, 6) is 0.412. The van der Waals surface area contributed by atoms with Gasteiger partial charge in [-0.3, -0.25) is 4.79 Å². The average molecular weight is 306 g/mol. The molecule has 1 saturated heterocycles. The number of rotatable bonds is 7. The summed E-state index contributed by atoms with van der Waals surface area (Å²) in [6.07, 6.45) is 0.127. The van der Waals surface area contributed by atoms with Crippen LogP contribution in [-0.2, 0) is 4.74 Å². The molecule has 1 aromatic rings. The maximum atomic E-state index is 12.0. The molecule has 6 heteroatoms. The number of ketones is 1. The van der Waals surface area contributed by atoms with Crippen LogP contribution < -0.4 is 10.1 Å². The van der Waals surface area contributed by atoms with Crippen LogP contribution in [0, 0.1) is 0 Å². The first-order valence-corrected chi connectivity index (χ1v) is 7.50. The highest BCUT2D eigenvalue weighted by Gasteiger charge is 2.24. The van der Waals surface area contributed by atoms with Crippen LogP contribution in [0.3, 0.4) is 0 Å². The number of nitrogens with one attached hydrogen (secondary N) is 1. The zero-order chi connectivity index (χ0) is 16.1. The number of ether oxygens (including phenoxy) is 2. The molecule has 2 rings (SSSR count). The number of benzene rings is 1. The van der Waals surface area contributed by atoms with Crippen molar-refractivity contribution in [2.45, 2.75) is 26.9 Å². The van der Waals surface area contributed by atoms with Gasteiger partial charge >= 0.3 is 6.03 Å². The van der Waals surface area contributed by atoms with Crippen LogP contribution in [-0.4, -0.2) is 49.1 Å². The van der Waals surface area contributed by atoms with E-state index in [1.165, 1.54) is 6.92 Å². The Hall–Kier alpha value is -2.08. The Bertz CT molecular complexity index is 551. The molecule has 6 nitrogen and oxygen atoms in total. The van der Waals surface area contributed by atoms with Crippen LogP contribution in [0.1, 0.15) is 31.1 Å². The SMILES string of the molecule is CCN(CC)C(=O)Nc1ccc(OC[C@H]2CO2)c(C(C)=O)c1. The van der Waals surface area contributed by atoms with Gasteiger partial charge in [-0.15, -0.1) is 0 Å². The van der Waals surface area contributed by atoms with Gasteiger partial charge in [0, 0.05) is 18.8 Å². The van der Waals surface area contributed by atoms with Gasteiger partial charge in [-0.1, -0.05) is 0 Å². The Morgan fingerprint density at radius 3 is 2.59 bits per heavy atom. The second-order valence-electron chi connectivity index (χ2n) is 5.14. The van der Waals surface area contributed by atoms with E-state index >= 15 is 0 Å². The van der Waals surface area contributed by atoms with Gasteiger partial charge < -0.3 is 19.7 Å². The molecule has 1 aromatic carbocycles. The minimum absolute atomic E-state index is 0.106. The summed E-state index contributed by atoms with van der Waals surface area (Å²) < 4.78 is 10.7. The topological polar surface area (TPSA) is 71.2 Å². The Kier molecular flexibility index (Phi) is 5.38. The van der Waals surface area contributed by atoms with E-state index in [0.29, 0.717) is 43.3 Å². The van der Waals surface area contributed by atoms with Gasteiger partial charge in [0.2, 0.25) is 0 Å². The fraction of sp³-hybridized carbons (Fsp3) is 0.500. The smallest absolute Gasteiger partial charge is 0.321 e. The molecule has 0 bridgehead atoms. The minimum Gasteiger partial charge on any atom is -0.490 e. The van der Waals surface area contributed by atoms with Crippen molar-refractivity contribution in [1.29, 1.82) is 0 Å². The number of carbonyl (C=O) groups is 2. The maximum absolute atomic E-state index is 12.0. The largest absolute Gasteiger partial charge is 0.490 e. The standard InChI is InChI=1S/C16H22N2O4/c1-4-18(5-2)16(20)17-12-6-7-15(14(8-12)11(3)19)22-10-13-9-21-13/h6-8,13H,4-5,9-10H2,1-3H3,(H,17,20)/t13-/m1/s1. The van der Waals surface area contributed by atoms with Gasteiger partial charge in [-0.25, -0.2) is 4.79 Å². The molecular formula is C16H22N2O4. The third kappa shape index (κ3) is 4.21. The second kappa shape index (κ2) is 7.26. The van der Waals surface area contributed by atoms with Gasteiger partial charge in [0.15, 0.2) is 5.78 Å². The van der Waals surface area contributed by atoms with E-state index in [9.17, 15) is 9.59 Å². The molecule has 1 aliphatic heterocycles. The summed E-state index contributed by atoms with van der Waals surface area (Å²) in [5.41, 5.74) is 1.04. The van der Waals surface area contributed by atoms with Crippen LogP contribution in [0.2, 0.25) is 0 Å². The Morgan fingerprint density at radius 1 is 1.36 bits per heavy atom. The molecule has 1 atom stereocenters. The van der Waals surface area contributed by atoms with Crippen molar-refractivity contribution in [1.82, 2.24) is 4.90 Å². The Balaban J connectivity index is 2.10. The van der Waals surface area contributed by atoms with Crippen LogP contribution in [0.15, 0.2) is 18.2 Å². The number of nitrogens with zero attached hydrogens (tertiary/aromatic N) is 1. The molecule has 0 aromatic heterocycles. The number of epoxide rings is 1.